The highest BCUT2D eigenvalue weighted by atomic mass is 32.2. The van der Waals surface area contributed by atoms with E-state index in [9.17, 15) is 8.78 Å². The van der Waals surface area contributed by atoms with Crippen LogP contribution < -0.4 is 5.32 Å². The number of hydrogen-bond donors (Lipinski definition) is 1. The van der Waals surface area contributed by atoms with Crippen molar-refractivity contribution in [3.63, 3.8) is 0 Å². The third kappa shape index (κ3) is 2.74. The molecule has 0 aliphatic heterocycles. The molecule has 0 fully saturated rings. The summed E-state index contributed by atoms with van der Waals surface area (Å²) >= 11 is 0.923. The van der Waals surface area contributed by atoms with Gasteiger partial charge in [0.05, 0.1) is 4.90 Å². The number of benzene rings is 1. The summed E-state index contributed by atoms with van der Waals surface area (Å²) in [6.45, 7) is 0.409. The van der Waals surface area contributed by atoms with Gasteiger partial charge in [0.1, 0.15) is 11.6 Å². The molecule has 0 radical (unpaired) electrons. The second-order valence-corrected chi connectivity index (χ2v) is 5.41. The quantitative estimate of drug-likeness (QED) is 0.805. The third-order valence-electron chi connectivity index (χ3n) is 2.91. The topological polar surface area (TPSA) is 42.2 Å². The summed E-state index contributed by atoms with van der Waals surface area (Å²) in [5, 5.41) is 11.2. The molecule has 0 unspecified atom stereocenters. The molecule has 108 valence electrons. The molecule has 3 aromatic rings. The fourth-order valence-electron chi connectivity index (χ4n) is 2.00. The lowest BCUT2D eigenvalue weighted by Gasteiger charge is -2.07. The largest absolute Gasteiger partial charge is 0.316 e. The van der Waals surface area contributed by atoms with Crippen LogP contribution in [0.25, 0.3) is 5.65 Å². The minimum absolute atomic E-state index is 0.0759. The van der Waals surface area contributed by atoms with Crippen molar-refractivity contribution in [2.24, 2.45) is 0 Å². The Kier molecular flexibility index (Phi) is 3.85. The van der Waals surface area contributed by atoms with Crippen LogP contribution in [0.5, 0.6) is 0 Å². The predicted molar refractivity (Wildman–Crippen MR) is 76.2 cm³/mol. The van der Waals surface area contributed by atoms with Gasteiger partial charge in [-0.3, -0.25) is 4.40 Å². The molecule has 0 saturated heterocycles. The van der Waals surface area contributed by atoms with E-state index in [0.29, 0.717) is 22.9 Å². The van der Waals surface area contributed by atoms with Gasteiger partial charge in [0.15, 0.2) is 5.65 Å². The lowest BCUT2D eigenvalue weighted by Crippen LogP contribution is -2.06. The van der Waals surface area contributed by atoms with E-state index < -0.39 is 11.6 Å². The molecule has 1 aromatic carbocycles. The Morgan fingerprint density at radius 1 is 1.19 bits per heavy atom. The normalized spacial score (nSPS) is 11.2. The molecular weight excluding hydrogens is 294 g/mol. The van der Waals surface area contributed by atoms with Gasteiger partial charge in [0.2, 0.25) is 5.16 Å². The SMILES string of the molecule is CNCc1cc(F)c(Sc2nnc3ccccn23)c(F)c1. The lowest BCUT2D eigenvalue weighted by molar-refractivity contribution is 0.535. The van der Waals surface area contributed by atoms with E-state index in [0.717, 1.165) is 11.8 Å². The predicted octanol–water partition coefficient (Wildman–Crippen LogP) is 2.88. The molecule has 21 heavy (non-hydrogen) atoms. The van der Waals surface area contributed by atoms with Gasteiger partial charge in [0, 0.05) is 12.7 Å². The Hall–Kier alpha value is -1.99. The molecule has 2 heterocycles. The highest BCUT2D eigenvalue weighted by Crippen LogP contribution is 2.31. The van der Waals surface area contributed by atoms with E-state index in [1.807, 2.05) is 12.1 Å². The fourth-order valence-corrected chi connectivity index (χ4v) is 2.83. The Bertz CT molecular complexity index is 764. The molecule has 3 rings (SSSR count). The molecule has 1 N–H and O–H groups in total. The van der Waals surface area contributed by atoms with Crippen molar-refractivity contribution in [3.8, 4) is 0 Å². The monoisotopic (exact) mass is 306 g/mol. The number of halogens is 2. The van der Waals surface area contributed by atoms with E-state index in [1.54, 1.807) is 23.7 Å². The minimum atomic E-state index is -0.599. The van der Waals surface area contributed by atoms with Gasteiger partial charge < -0.3 is 5.32 Å². The lowest BCUT2D eigenvalue weighted by atomic mass is 10.2. The summed E-state index contributed by atoms with van der Waals surface area (Å²) in [5.41, 5.74) is 1.19. The number of hydrogen-bond acceptors (Lipinski definition) is 4. The van der Waals surface area contributed by atoms with E-state index in [-0.39, 0.29) is 4.90 Å². The van der Waals surface area contributed by atoms with Crippen LogP contribution in [0.1, 0.15) is 5.56 Å². The van der Waals surface area contributed by atoms with Gasteiger partial charge in [-0.1, -0.05) is 6.07 Å². The molecule has 4 nitrogen and oxygen atoms in total. The zero-order valence-corrected chi connectivity index (χ0v) is 12.0. The van der Waals surface area contributed by atoms with Crippen molar-refractivity contribution < 1.29 is 8.78 Å². The van der Waals surface area contributed by atoms with Crippen LogP contribution in [0.15, 0.2) is 46.6 Å². The van der Waals surface area contributed by atoms with Gasteiger partial charge in [-0.25, -0.2) is 8.78 Å². The zero-order chi connectivity index (χ0) is 14.8. The van der Waals surface area contributed by atoms with Crippen molar-refractivity contribution in [2.75, 3.05) is 7.05 Å². The Morgan fingerprint density at radius 2 is 1.95 bits per heavy atom. The number of nitrogens with zero attached hydrogens (tertiary/aromatic N) is 3. The minimum Gasteiger partial charge on any atom is -0.316 e. The van der Waals surface area contributed by atoms with Crippen LogP contribution in [-0.4, -0.2) is 21.6 Å². The van der Waals surface area contributed by atoms with Gasteiger partial charge >= 0.3 is 0 Å². The Balaban J connectivity index is 1.98. The smallest absolute Gasteiger partial charge is 0.200 e. The average Bonchev–Trinajstić information content (AvgIpc) is 2.86. The first-order valence-corrected chi connectivity index (χ1v) is 7.11. The zero-order valence-electron chi connectivity index (χ0n) is 11.2. The summed E-state index contributed by atoms with van der Waals surface area (Å²) in [4.78, 5) is -0.0759. The second kappa shape index (κ2) is 5.79. The summed E-state index contributed by atoms with van der Waals surface area (Å²) < 4.78 is 29.8. The maximum atomic E-state index is 14.1. The van der Waals surface area contributed by atoms with Crippen molar-refractivity contribution >= 4 is 17.4 Å². The molecule has 0 bridgehead atoms. The average molecular weight is 306 g/mol. The number of nitrogens with one attached hydrogen (secondary N) is 1. The summed E-state index contributed by atoms with van der Waals surface area (Å²) in [5.74, 6) is -1.20. The van der Waals surface area contributed by atoms with Crippen LogP contribution in [0.2, 0.25) is 0 Å². The standard InChI is InChI=1S/C14H12F2N4S/c1-17-8-9-6-10(15)13(11(16)7-9)21-14-19-18-12-4-2-3-5-20(12)14/h2-7,17H,8H2,1H3. The molecular formula is C14H12F2N4S. The summed E-state index contributed by atoms with van der Waals surface area (Å²) in [6.07, 6.45) is 1.75. The van der Waals surface area contributed by atoms with Crippen molar-refractivity contribution in [3.05, 3.63) is 53.7 Å². The first-order valence-electron chi connectivity index (χ1n) is 6.29. The van der Waals surface area contributed by atoms with E-state index >= 15 is 0 Å². The molecule has 7 heteroatoms. The van der Waals surface area contributed by atoms with Gasteiger partial charge in [-0.15, -0.1) is 10.2 Å². The van der Waals surface area contributed by atoms with Crippen LogP contribution in [-0.2, 0) is 6.54 Å². The maximum Gasteiger partial charge on any atom is 0.200 e. The number of aromatic nitrogens is 3. The number of rotatable bonds is 4. The molecule has 0 spiro atoms. The van der Waals surface area contributed by atoms with Gasteiger partial charge in [-0.2, -0.15) is 0 Å². The van der Waals surface area contributed by atoms with Crippen molar-refractivity contribution in [2.45, 2.75) is 16.6 Å². The summed E-state index contributed by atoms with van der Waals surface area (Å²) in [6, 6.07) is 8.06. The maximum absolute atomic E-state index is 14.1. The number of pyridine rings is 1. The van der Waals surface area contributed by atoms with E-state index in [2.05, 4.69) is 15.5 Å². The van der Waals surface area contributed by atoms with Crippen LogP contribution in [0.3, 0.4) is 0 Å². The molecule has 0 atom stereocenters. The molecule has 0 aliphatic carbocycles. The summed E-state index contributed by atoms with van der Waals surface area (Å²) in [7, 11) is 1.72. The van der Waals surface area contributed by atoms with Gasteiger partial charge in [-0.05, 0) is 48.6 Å². The molecule has 0 saturated carbocycles. The highest BCUT2D eigenvalue weighted by molar-refractivity contribution is 7.99. The van der Waals surface area contributed by atoms with E-state index in [1.165, 1.54) is 12.1 Å². The first kappa shape index (κ1) is 14.0. The third-order valence-corrected chi connectivity index (χ3v) is 3.97. The first-order chi connectivity index (χ1) is 10.2. The van der Waals surface area contributed by atoms with Crippen molar-refractivity contribution in [1.82, 2.24) is 19.9 Å². The van der Waals surface area contributed by atoms with Gasteiger partial charge in [0.25, 0.3) is 0 Å². The fraction of sp³-hybridized carbons (Fsp3) is 0.143. The Morgan fingerprint density at radius 3 is 2.67 bits per heavy atom. The second-order valence-electron chi connectivity index (χ2n) is 4.43. The molecule has 2 aromatic heterocycles. The number of fused-ring (bicyclic) bond motifs is 1. The van der Waals surface area contributed by atoms with Crippen molar-refractivity contribution in [1.29, 1.82) is 0 Å². The highest BCUT2D eigenvalue weighted by Gasteiger charge is 2.16. The molecule has 0 aliphatic rings. The van der Waals surface area contributed by atoms with Crippen LogP contribution in [0.4, 0.5) is 8.78 Å². The van der Waals surface area contributed by atoms with Crippen LogP contribution >= 0.6 is 11.8 Å². The van der Waals surface area contributed by atoms with E-state index in [4.69, 9.17) is 0 Å². The molecule has 0 amide bonds. The van der Waals surface area contributed by atoms with Crippen LogP contribution in [0, 0.1) is 11.6 Å². The Labute approximate surface area is 124 Å².